The molecule has 0 aliphatic carbocycles. The van der Waals surface area contributed by atoms with E-state index in [0.29, 0.717) is 5.75 Å². The van der Waals surface area contributed by atoms with Crippen LogP contribution in [0, 0.1) is 5.82 Å². The number of hydrogen-bond donors (Lipinski definition) is 1. The number of imidazole rings is 1. The summed E-state index contributed by atoms with van der Waals surface area (Å²) in [5.41, 5.74) is 6.03. The first-order valence-electron chi connectivity index (χ1n) is 5.28. The molecule has 1 atom stereocenters. The minimum atomic E-state index is -0.222. The van der Waals surface area contributed by atoms with Gasteiger partial charge in [-0.3, -0.25) is 0 Å². The summed E-state index contributed by atoms with van der Waals surface area (Å²) >= 11 is 1.53. The van der Waals surface area contributed by atoms with Crippen LogP contribution in [0.3, 0.4) is 0 Å². The molecule has 0 aliphatic rings. The van der Waals surface area contributed by atoms with Gasteiger partial charge in [0.15, 0.2) is 0 Å². The molecule has 1 aromatic carbocycles. The molecule has 1 unspecified atom stereocenters. The second-order valence-electron chi connectivity index (χ2n) is 3.77. The molecule has 1 heterocycles. The fourth-order valence-electron chi connectivity index (χ4n) is 1.55. The lowest BCUT2D eigenvalue weighted by molar-refractivity contribution is 0.624. The maximum Gasteiger partial charge on any atom is 0.126 e. The number of halogens is 1. The Hall–Kier alpha value is -1.33. The van der Waals surface area contributed by atoms with Crippen molar-refractivity contribution in [2.75, 3.05) is 5.75 Å². The Balaban J connectivity index is 1.97. The second-order valence-corrected chi connectivity index (χ2v) is 4.86. The normalized spacial score (nSPS) is 12.6. The van der Waals surface area contributed by atoms with Crippen molar-refractivity contribution >= 4 is 11.8 Å². The average Bonchev–Trinajstić information content (AvgIpc) is 2.72. The van der Waals surface area contributed by atoms with E-state index in [1.54, 1.807) is 12.3 Å². The zero-order chi connectivity index (χ0) is 12.3. The lowest BCUT2D eigenvalue weighted by Gasteiger charge is -2.11. The van der Waals surface area contributed by atoms with E-state index in [-0.39, 0.29) is 11.9 Å². The van der Waals surface area contributed by atoms with Crippen LogP contribution in [0.1, 0.15) is 11.9 Å². The Kier molecular flexibility index (Phi) is 3.81. The molecule has 0 radical (unpaired) electrons. The van der Waals surface area contributed by atoms with Gasteiger partial charge in [0.1, 0.15) is 11.6 Å². The lowest BCUT2D eigenvalue weighted by Crippen LogP contribution is -2.17. The molecule has 3 nitrogen and oxygen atoms in total. The van der Waals surface area contributed by atoms with Crippen LogP contribution in [0.15, 0.2) is 41.6 Å². The Labute approximate surface area is 104 Å². The van der Waals surface area contributed by atoms with Crippen LogP contribution < -0.4 is 5.73 Å². The molecule has 1 aromatic heterocycles. The molecule has 0 amide bonds. The summed E-state index contributed by atoms with van der Waals surface area (Å²) in [5, 5.41) is 0. The highest BCUT2D eigenvalue weighted by Crippen LogP contribution is 2.23. The number of thioether (sulfide) groups is 1. The minimum Gasteiger partial charge on any atom is -0.337 e. The van der Waals surface area contributed by atoms with Crippen molar-refractivity contribution in [3.63, 3.8) is 0 Å². The molecule has 0 fully saturated rings. The van der Waals surface area contributed by atoms with Crippen LogP contribution >= 0.6 is 11.8 Å². The van der Waals surface area contributed by atoms with Gasteiger partial charge in [0.2, 0.25) is 0 Å². The van der Waals surface area contributed by atoms with Gasteiger partial charge in [0.25, 0.3) is 0 Å². The summed E-state index contributed by atoms with van der Waals surface area (Å²) in [6.45, 7) is 0. The standard InChI is InChI=1S/C12H14FN3S/c1-16-6-5-15-12(16)11(14)8-17-10-4-2-3-9(13)7-10/h2-7,11H,8,14H2,1H3. The van der Waals surface area contributed by atoms with Crippen molar-refractivity contribution in [1.82, 2.24) is 9.55 Å². The van der Waals surface area contributed by atoms with Crippen LogP contribution in [0.5, 0.6) is 0 Å². The molecule has 0 saturated carbocycles. The number of aryl methyl sites for hydroxylation is 1. The first-order valence-corrected chi connectivity index (χ1v) is 6.26. The number of hydrogen-bond acceptors (Lipinski definition) is 3. The largest absolute Gasteiger partial charge is 0.337 e. The van der Waals surface area contributed by atoms with Crippen molar-refractivity contribution < 1.29 is 4.39 Å². The first kappa shape index (κ1) is 12.1. The van der Waals surface area contributed by atoms with Gasteiger partial charge in [0.05, 0.1) is 6.04 Å². The molecular formula is C12H14FN3S. The average molecular weight is 251 g/mol. The maximum atomic E-state index is 13.0. The Morgan fingerprint density at radius 1 is 1.53 bits per heavy atom. The van der Waals surface area contributed by atoms with Gasteiger partial charge in [-0.15, -0.1) is 11.8 Å². The van der Waals surface area contributed by atoms with Crippen LogP contribution in [0.25, 0.3) is 0 Å². The molecule has 0 aliphatic heterocycles. The quantitative estimate of drug-likeness (QED) is 0.848. The van der Waals surface area contributed by atoms with Crippen LogP contribution in [-0.4, -0.2) is 15.3 Å². The summed E-state index contributed by atoms with van der Waals surface area (Å²) in [6.07, 6.45) is 3.59. The van der Waals surface area contributed by atoms with E-state index in [0.717, 1.165) is 10.7 Å². The van der Waals surface area contributed by atoms with Gasteiger partial charge in [-0.2, -0.15) is 0 Å². The summed E-state index contributed by atoms with van der Waals surface area (Å²) in [7, 11) is 1.91. The smallest absolute Gasteiger partial charge is 0.126 e. The molecule has 90 valence electrons. The molecule has 2 aromatic rings. The van der Waals surface area contributed by atoms with Crippen molar-refractivity contribution in [2.45, 2.75) is 10.9 Å². The summed E-state index contributed by atoms with van der Waals surface area (Å²) < 4.78 is 14.9. The van der Waals surface area contributed by atoms with E-state index in [9.17, 15) is 4.39 Å². The zero-order valence-corrected chi connectivity index (χ0v) is 10.3. The van der Waals surface area contributed by atoms with Gasteiger partial charge in [-0.05, 0) is 18.2 Å². The molecule has 0 bridgehead atoms. The third-order valence-corrected chi connectivity index (χ3v) is 3.53. The molecule has 0 spiro atoms. The zero-order valence-electron chi connectivity index (χ0n) is 9.51. The fraction of sp³-hybridized carbons (Fsp3) is 0.250. The molecule has 0 saturated heterocycles. The van der Waals surface area contributed by atoms with Crippen LogP contribution in [0.2, 0.25) is 0 Å². The number of nitrogens with two attached hydrogens (primary N) is 1. The van der Waals surface area contributed by atoms with Crippen molar-refractivity contribution in [1.29, 1.82) is 0 Å². The van der Waals surface area contributed by atoms with Crippen molar-refractivity contribution in [3.8, 4) is 0 Å². The Morgan fingerprint density at radius 3 is 3.00 bits per heavy atom. The molecule has 2 N–H and O–H groups in total. The topological polar surface area (TPSA) is 43.8 Å². The predicted molar refractivity (Wildman–Crippen MR) is 67.3 cm³/mol. The molecular weight excluding hydrogens is 237 g/mol. The van der Waals surface area contributed by atoms with E-state index < -0.39 is 0 Å². The van der Waals surface area contributed by atoms with Gasteiger partial charge in [-0.25, -0.2) is 9.37 Å². The number of rotatable bonds is 4. The van der Waals surface area contributed by atoms with E-state index in [1.807, 2.05) is 23.9 Å². The summed E-state index contributed by atoms with van der Waals surface area (Å²) in [4.78, 5) is 5.08. The van der Waals surface area contributed by atoms with Gasteiger partial charge < -0.3 is 10.3 Å². The third kappa shape index (κ3) is 3.08. The highest BCUT2D eigenvalue weighted by molar-refractivity contribution is 7.99. The van der Waals surface area contributed by atoms with E-state index in [2.05, 4.69) is 4.98 Å². The predicted octanol–water partition coefficient (Wildman–Crippen LogP) is 2.35. The highest BCUT2D eigenvalue weighted by Gasteiger charge is 2.11. The van der Waals surface area contributed by atoms with Crippen LogP contribution in [-0.2, 0) is 7.05 Å². The molecule has 17 heavy (non-hydrogen) atoms. The van der Waals surface area contributed by atoms with Crippen LogP contribution in [0.4, 0.5) is 4.39 Å². The maximum absolute atomic E-state index is 13.0. The SMILES string of the molecule is Cn1ccnc1C(N)CSc1cccc(F)c1. The monoisotopic (exact) mass is 251 g/mol. The van der Waals surface area contributed by atoms with Gasteiger partial charge in [-0.1, -0.05) is 6.07 Å². The van der Waals surface area contributed by atoms with E-state index in [4.69, 9.17) is 5.73 Å². The minimum absolute atomic E-state index is 0.150. The van der Waals surface area contributed by atoms with Crippen molar-refractivity contribution in [3.05, 3.63) is 48.3 Å². The first-order chi connectivity index (χ1) is 8.16. The number of aromatic nitrogens is 2. The molecule has 5 heteroatoms. The van der Waals surface area contributed by atoms with E-state index >= 15 is 0 Å². The number of benzene rings is 1. The fourth-order valence-corrected chi connectivity index (χ4v) is 2.44. The highest BCUT2D eigenvalue weighted by atomic mass is 32.2. The Bertz CT molecular complexity index is 498. The van der Waals surface area contributed by atoms with Crippen molar-refractivity contribution in [2.24, 2.45) is 12.8 Å². The molecule has 2 rings (SSSR count). The summed E-state index contributed by atoms with van der Waals surface area (Å²) in [6, 6.07) is 6.37. The third-order valence-electron chi connectivity index (χ3n) is 2.42. The number of nitrogens with zero attached hydrogens (tertiary/aromatic N) is 2. The summed E-state index contributed by atoms with van der Waals surface area (Å²) in [5.74, 6) is 1.29. The van der Waals surface area contributed by atoms with Gasteiger partial charge >= 0.3 is 0 Å². The lowest BCUT2D eigenvalue weighted by atomic mass is 10.3. The van der Waals surface area contributed by atoms with E-state index in [1.165, 1.54) is 23.9 Å². The second kappa shape index (κ2) is 5.33. The Morgan fingerprint density at radius 2 is 2.35 bits per heavy atom. The van der Waals surface area contributed by atoms with Gasteiger partial charge in [0, 0.05) is 30.1 Å².